The quantitative estimate of drug-likeness (QED) is 0.698. The van der Waals surface area contributed by atoms with Crippen molar-refractivity contribution >= 4 is 22.9 Å². The predicted octanol–water partition coefficient (Wildman–Crippen LogP) is 3.57. The van der Waals surface area contributed by atoms with Gasteiger partial charge >= 0.3 is 0 Å². The highest BCUT2D eigenvalue weighted by atomic mass is 35.5. The molecule has 0 N–H and O–H groups in total. The maximum Gasteiger partial charge on any atom is 0.124 e. The Morgan fingerprint density at radius 3 is 3.00 bits per heavy atom. The number of thiazole rings is 1. The van der Waals surface area contributed by atoms with Crippen LogP contribution in [-0.4, -0.2) is 4.98 Å². The molecular weight excluding hydrogens is 202 g/mol. The lowest BCUT2D eigenvalue weighted by atomic mass is 10.1. The van der Waals surface area contributed by atoms with Gasteiger partial charge in [-0.05, 0) is 24.6 Å². The lowest BCUT2D eigenvalue weighted by molar-refractivity contribution is 1.37. The lowest BCUT2D eigenvalue weighted by Gasteiger charge is -2.01. The summed E-state index contributed by atoms with van der Waals surface area (Å²) in [6, 6.07) is 5.82. The summed E-state index contributed by atoms with van der Waals surface area (Å²) in [4.78, 5) is 4.12. The second-order valence-electron chi connectivity index (χ2n) is 2.74. The third-order valence-electron chi connectivity index (χ3n) is 1.82. The molecule has 1 nitrogen and oxygen atoms in total. The summed E-state index contributed by atoms with van der Waals surface area (Å²) in [5.41, 5.74) is 2.28. The Kier molecular flexibility index (Phi) is 2.34. The van der Waals surface area contributed by atoms with Crippen LogP contribution in [0.25, 0.3) is 10.6 Å². The van der Waals surface area contributed by atoms with Gasteiger partial charge in [-0.1, -0.05) is 17.7 Å². The van der Waals surface area contributed by atoms with Crippen LogP contribution in [0.1, 0.15) is 5.56 Å². The molecule has 0 aliphatic rings. The number of nitrogens with zero attached hydrogens (tertiary/aromatic N) is 1. The summed E-state index contributed by atoms with van der Waals surface area (Å²) in [5, 5.41) is 3.56. The first-order valence-electron chi connectivity index (χ1n) is 3.85. The van der Waals surface area contributed by atoms with Crippen molar-refractivity contribution < 1.29 is 0 Å². The van der Waals surface area contributed by atoms with E-state index in [2.05, 4.69) is 11.2 Å². The topological polar surface area (TPSA) is 12.9 Å². The van der Waals surface area contributed by atoms with Crippen LogP contribution in [0, 0.1) is 13.1 Å². The molecule has 0 fully saturated rings. The van der Waals surface area contributed by atoms with Crippen molar-refractivity contribution in [1.82, 2.24) is 4.98 Å². The first-order chi connectivity index (χ1) is 6.27. The van der Waals surface area contributed by atoms with E-state index < -0.39 is 0 Å². The van der Waals surface area contributed by atoms with E-state index in [9.17, 15) is 0 Å². The third-order valence-corrected chi connectivity index (χ3v) is 2.81. The predicted molar refractivity (Wildman–Crippen MR) is 56.1 cm³/mol. The summed E-state index contributed by atoms with van der Waals surface area (Å²) in [6.07, 6.45) is 2.80. The monoisotopic (exact) mass is 208 g/mol. The van der Waals surface area contributed by atoms with E-state index in [1.54, 1.807) is 11.3 Å². The first-order valence-corrected chi connectivity index (χ1v) is 5.11. The van der Waals surface area contributed by atoms with Crippen LogP contribution in [0.3, 0.4) is 0 Å². The van der Waals surface area contributed by atoms with E-state index in [1.807, 2.05) is 30.5 Å². The first kappa shape index (κ1) is 8.73. The number of aryl methyl sites for hydroxylation is 1. The molecule has 0 atom stereocenters. The molecule has 0 spiro atoms. The molecule has 13 heavy (non-hydrogen) atoms. The Hall–Kier alpha value is -0.860. The van der Waals surface area contributed by atoms with Gasteiger partial charge in [0.25, 0.3) is 0 Å². The molecule has 1 aromatic carbocycles. The van der Waals surface area contributed by atoms with Crippen LogP contribution in [0.15, 0.2) is 23.6 Å². The van der Waals surface area contributed by atoms with Crippen LogP contribution >= 0.6 is 22.9 Å². The fourth-order valence-electron chi connectivity index (χ4n) is 1.14. The molecular formula is C10H7ClNS. The maximum atomic E-state index is 5.90. The summed E-state index contributed by atoms with van der Waals surface area (Å²) in [6.45, 7) is 2.05. The van der Waals surface area contributed by atoms with Crippen molar-refractivity contribution in [2.45, 2.75) is 6.92 Å². The third kappa shape index (κ3) is 1.74. The van der Waals surface area contributed by atoms with Gasteiger partial charge in [-0.15, -0.1) is 11.3 Å². The molecule has 2 aromatic rings. The molecule has 0 aliphatic carbocycles. The summed E-state index contributed by atoms with van der Waals surface area (Å²) < 4.78 is 0. The number of benzene rings is 1. The molecule has 0 aliphatic heterocycles. The molecule has 65 valence electrons. The molecule has 0 bridgehead atoms. The van der Waals surface area contributed by atoms with Gasteiger partial charge < -0.3 is 0 Å². The van der Waals surface area contributed by atoms with Crippen LogP contribution in [0.5, 0.6) is 0 Å². The molecule has 1 radical (unpaired) electrons. The van der Waals surface area contributed by atoms with Gasteiger partial charge in [0, 0.05) is 16.0 Å². The minimum Gasteiger partial charge on any atom is -0.234 e. The van der Waals surface area contributed by atoms with Gasteiger partial charge in [-0.3, -0.25) is 0 Å². The SMILES string of the molecule is Cc1ccc(Cl)cc1-c1n[c]cs1. The van der Waals surface area contributed by atoms with Gasteiger partial charge in [0.1, 0.15) is 11.2 Å². The lowest BCUT2D eigenvalue weighted by Crippen LogP contribution is -1.81. The molecule has 1 aromatic heterocycles. The van der Waals surface area contributed by atoms with Gasteiger partial charge in [0.2, 0.25) is 0 Å². The normalized spacial score (nSPS) is 10.3. The molecule has 0 unspecified atom stereocenters. The zero-order valence-corrected chi connectivity index (χ0v) is 8.62. The number of hydrogen-bond donors (Lipinski definition) is 0. The second kappa shape index (κ2) is 3.48. The fourth-order valence-corrected chi connectivity index (χ4v) is 1.98. The number of hydrogen-bond acceptors (Lipinski definition) is 2. The van der Waals surface area contributed by atoms with Crippen molar-refractivity contribution in [1.29, 1.82) is 0 Å². The molecule has 0 saturated heterocycles. The van der Waals surface area contributed by atoms with Gasteiger partial charge in [-0.25, -0.2) is 4.98 Å². The van der Waals surface area contributed by atoms with Crippen molar-refractivity contribution in [3.8, 4) is 10.6 Å². The van der Waals surface area contributed by atoms with Crippen molar-refractivity contribution in [2.75, 3.05) is 0 Å². The molecule has 1 heterocycles. The van der Waals surface area contributed by atoms with Gasteiger partial charge in [0.15, 0.2) is 0 Å². The average Bonchev–Trinajstić information content (AvgIpc) is 2.61. The Balaban J connectivity index is 2.57. The zero-order valence-electron chi connectivity index (χ0n) is 7.04. The van der Waals surface area contributed by atoms with Crippen LogP contribution in [0.2, 0.25) is 5.02 Å². The summed E-state index contributed by atoms with van der Waals surface area (Å²) in [5.74, 6) is 0. The highest BCUT2D eigenvalue weighted by Gasteiger charge is 2.04. The second-order valence-corrected chi connectivity index (χ2v) is 4.04. The Labute approximate surface area is 86.0 Å². The van der Waals surface area contributed by atoms with E-state index in [0.717, 1.165) is 15.6 Å². The highest BCUT2D eigenvalue weighted by molar-refractivity contribution is 7.13. The van der Waals surface area contributed by atoms with Crippen LogP contribution in [0.4, 0.5) is 0 Å². The fraction of sp³-hybridized carbons (Fsp3) is 0.100. The minimum atomic E-state index is 0.746. The van der Waals surface area contributed by atoms with E-state index in [0.29, 0.717) is 0 Å². The number of rotatable bonds is 1. The summed E-state index contributed by atoms with van der Waals surface area (Å²) >= 11 is 7.47. The van der Waals surface area contributed by atoms with E-state index in [4.69, 9.17) is 11.6 Å². The summed E-state index contributed by atoms with van der Waals surface area (Å²) in [7, 11) is 0. The van der Waals surface area contributed by atoms with Gasteiger partial charge in [-0.2, -0.15) is 0 Å². The van der Waals surface area contributed by atoms with Crippen LogP contribution in [-0.2, 0) is 0 Å². The molecule has 2 rings (SSSR count). The molecule has 0 saturated carbocycles. The Morgan fingerprint density at radius 1 is 1.46 bits per heavy atom. The van der Waals surface area contributed by atoms with Crippen LogP contribution < -0.4 is 0 Å². The van der Waals surface area contributed by atoms with Gasteiger partial charge in [0.05, 0.1) is 0 Å². The van der Waals surface area contributed by atoms with Crippen molar-refractivity contribution in [2.24, 2.45) is 0 Å². The standard InChI is InChI=1S/C10H7ClNS/c1-7-2-3-8(11)6-9(7)10-12-4-5-13-10/h2-3,5-6H,1H3. The maximum absolute atomic E-state index is 5.90. The number of aromatic nitrogens is 1. The molecule has 3 heteroatoms. The van der Waals surface area contributed by atoms with Crippen molar-refractivity contribution in [3.05, 3.63) is 40.4 Å². The largest absolute Gasteiger partial charge is 0.234 e. The molecule has 0 amide bonds. The van der Waals surface area contributed by atoms with E-state index >= 15 is 0 Å². The average molecular weight is 209 g/mol. The Bertz CT molecular complexity index is 409. The van der Waals surface area contributed by atoms with E-state index in [1.165, 1.54) is 5.56 Å². The number of halogens is 1. The highest BCUT2D eigenvalue weighted by Crippen LogP contribution is 2.27. The zero-order chi connectivity index (χ0) is 9.26. The van der Waals surface area contributed by atoms with Crippen molar-refractivity contribution in [3.63, 3.8) is 0 Å². The minimum absolute atomic E-state index is 0.746. The van der Waals surface area contributed by atoms with E-state index in [-0.39, 0.29) is 0 Å². The Morgan fingerprint density at radius 2 is 2.31 bits per heavy atom. The smallest absolute Gasteiger partial charge is 0.124 e.